The summed E-state index contributed by atoms with van der Waals surface area (Å²) in [5, 5.41) is 7.37. The lowest BCUT2D eigenvalue weighted by atomic mass is 10.2. The first-order valence-electron chi connectivity index (χ1n) is 7.87. The fourth-order valence-electron chi connectivity index (χ4n) is 2.15. The normalized spacial score (nSPS) is 10.9. The Hall–Kier alpha value is -2.60. The molecule has 1 N–H and O–H groups in total. The minimum absolute atomic E-state index is 0.305. The smallest absolute Gasteiger partial charge is 0.338 e. The van der Waals surface area contributed by atoms with E-state index < -0.39 is 0 Å². The molecule has 0 bridgehead atoms. The van der Waals surface area contributed by atoms with E-state index >= 15 is 0 Å². The molecule has 0 spiro atoms. The first-order valence-corrected chi connectivity index (χ1v) is 8.25. The molecular formula is C18H20ClN3O3. The van der Waals surface area contributed by atoms with Gasteiger partial charge in [0.15, 0.2) is 0 Å². The topological polar surface area (TPSA) is 73.2 Å². The number of carbonyl (C=O) groups excluding carboxylic acids is 2. The van der Waals surface area contributed by atoms with Gasteiger partial charge in [-0.05, 0) is 43.7 Å². The third-order valence-electron chi connectivity index (χ3n) is 3.42. The van der Waals surface area contributed by atoms with Crippen molar-refractivity contribution in [3.05, 3.63) is 52.3 Å². The molecule has 0 radical (unpaired) electrons. The molecule has 0 saturated heterocycles. The zero-order chi connectivity index (χ0) is 18.4. The Morgan fingerprint density at radius 3 is 2.56 bits per heavy atom. The minimum atomic E-state index is -0.374. The SMILES string of the molecule is CCCOC(=O)c1ccc(NC(=O)/C=C/c2c(C)nn(C)c2Cl)cc1. The fraction of sp³-hybridized carbons (Fsp3) is 0.278. The second kappa shape index (κ2) is 8.48. The number of benzene rings is 1. The quantitative estimate of drug-likeness (QED) is 0.630. The second-order valence-corrected chi connectivity index (χ2v) is 5.81. The van der Waals surface area contributed by atoms with Crippen molar-refractivity contribution in [2.75, 3.05) is 11.9 Å². The van der Waals surface area contributed by atoms with Gasteiger partial charge in [-0.1, -0.05) is 18.5 Å². The molecule has 2 rings (SSSR count). The Kier molecular flexibility index (Phi) is 6.36. The van der Waals surface area contributed by atoms with E-state index in [0.29, 0.717) is 28.6 Å². The van der Waals surface area contributed by atoms with Crippen LogP contribution in [0.1, 0.15) is 35.0 Å². The Balaban J connectivity index is 1.98. The van der Waals surface area contributed by atoms with Crippen LogP contribution in [0.25, 0.3) is 6.08 Å². The van der Waals surface area contributed by atoms with Crippen LogP contribution < -0.4 is 5.32 Å². The van der Waals surface area contributed by atoms with E-state index in [-0.39, 0.29) is 11.9 Å². The summed E-state index contributed by atoms with van der Waals surface area (Å²) in [6.07, 6.45) is 3.78. The third-order valence-corrected chi connectivity index (χ3v) is 3.87. The van der Waals surface area contributed by atoms with E-state index in [0.717, 1.165) is 12.1 Å². The van der Waals surface area contributed by atoms with Gasteiger partial charge in [-0.15, -0.1) is 0 Å². The van der Waals surface area contributed by atoms with Crippen molar-refractivity contribution >= 4 is 35.2 Å². The number of hydrogen-bond acceptors (Lipinski definition) is 4. The number of esters is 1. The van der Waals surface area contributed by atoms with Crippen LogP contribution in [0.15, 0.2) is 30.3 Å². The molecule has 0 atom stereocenters. The Morgan fingerprint density at radius 2 is 2.00 bits per heavy atom. The highest BCUT2D eigenvalue weighted by Crippen LogP contribution is 2.20. The van der Waals surface area contributed by atoms with E-state index in [2.05, 4.69) is 10.4 Å². The first kappa shape index (κ1) is 18.7. The number of nitrogens with one attached hydrogen (secondary N) is 1. The Labute approximate surface area is 151 Å². The Morgan fingerprint density at radius 1 is 1.32 bits per heavy atom. The molecule has 1 amide bonds. The Bertz CT molecular complexity index is 795. The van der Waals surface area contributed by atoms with Crippen LogP contribution in [0.5, 0.6) is 0 Å². The average Bonchev–Trinajstić information content (AvgIpc) is 2.83. The van der Waals surface area contributed by atoms with E-state index in [1.165, 1.54) is 6.08 Å². The van der Waals surface area contributed by atoms with E-state index in [4.69, 9.17) is 16.3 Å². The van der Waals surface area contributed by atoms with Gasteiger partial charge in [0.2, 0.25) is 5.91 Å². The number of rotatable bonds is 6. The summed E-state index contributed by atoms with van der Waals surface area (Å²) in [4.78, 5) is 23.7. The molecular weight excluding hydrogens is 342 g/mol. The van der Waals surface area contributed by atoms with E-state index in [9.17, 15) is 9.59 Å². The van der Waals surface area contributed by atoms with Gasteiger partial charge >= 0.3 is 5.97 Å². The highest BCUT2D eigenvalue weighted by atomic mass is 35.5. The number of hydrogen-bond donors (Lipinski definition) is 1. The van der Waals surface area contributed by atoms with E-state index in [1.54, 1.807) is 42.1 Å². The van der Waals surface area contributed by atoms with Gasteiger partial charge in [0.05, 0.1) is 17.9 Å². The molecule has 0 unspecified atom stereocenters. The maximum Gasteiger partial charge on any atom is 0.338 e. The maximum atomic E-state index is 12.0. The molecule has 7 heteroatoms. The van der Waals surface area contributed by atoms with Crippen molar-refractivity contribution in [2.24, 2.45) is 7.05 Å². The molecule has 132 valence electrons. The molecule has 6 nitrogen and oxygen atoms in total. The minimum Gasteiger partial charge on any atom is -0.462 e. The number of amides is 1. The zero-order valence-corrected chi connectivity index (χ0v) is 15.1. The fourth-order valence-corrected chi connectivity index (χ4v) is 2.38. The first-order chi connectivity index (χ1) is 11.9. The molecule has 1 heterocycles. The highest BCUT2D eigenvalue weighted by Gasteiger charge is 2.09. The summed E-state index contributed by atoms with van der Waals surface area (Å²) in [6, 6.07) is 6.52. The zero-order valence-electron chi connectivity index (χ0n) is 14.4. The molecule has 1 aromatic heterocycles. The van der Waals surface area contributed by atoms with Crippen molar-refractivity contribution in [2.45, 2.75) is 20.3 Å². The van der Waals surface area contributed by atoms with Crippen molar-refractivity contribution in [3.63, 3.8) is 0 Å². The van der Waals surface area contributed by atoms with Crippen LogP contribution in [-0.4, -0.2) is 28.3 Å². The number of nitrogens with zero attached hydrogens (tertiary/aromatic N) is 2. The highest BCUT2D eigenvalue weighted by molar-refractivity contribution is 6.31. The standard InChI is InChI=1S/C18H20ClN3O3/c1-4-11-25-18(24)13-5-7-14(8-6-13)20-16(23)10-9-15-12(2)21-22(3)17(15)19/h5-10H,4,11H2,1-3H3,(H,20,23)/b10-9+. The number of aryl methyl sites for hydroxylation is 2. The molecule has 0 aliphatic carbocycles. The van der Waals surface area contributed by atoms with Gasteiger partial charge in [-0.3, -0.25) is 9.48 Å². The summed E-state index contributed by atoms with van der Waals surface area (Å²) in [5.74, 6) is -0.679. The van der Waals surface area contributed by atoms with Crippen molar-refractivity contribution in [3.8, 4) is 0 Å². The van der Waals surface area contributed by atoms with Crippen molar-refractivity contribution < 1.29 is 14.3 Å². The molecule has 1 aromatic carbocycles. The van der Waals surface area contributed by atoms with Crippen LogP contribution in [0, 0.1) is 6.92 Å². The summed E-state index contributed by atoms with van der Waals surface area (Å²) in [7, 11) is 1.74. The summed E-state index contributed by atoms with van der Waals surface area (Å²) in [6.45, 7) is 4.14. The van der Waals surface area contributed by atoms with Gasteiger partial charge in [-0.25, -0.2) is 4.79 Å². The second-order valence-electron chi connectivity index (χ2n) is 5.45. The number of ether oxygens (including phenoxy) is 1. The van der Waals surface area contributed by atoms with Crippen LogP contribution in [0.3, 0.4) is 0 Å². The van der Waals surface area contributed by atoms with Crippen LogP contribution >= 0.6 is 11.6 Å². The summed E-state index contributed by atoms with van der Waals surface area (Å²) < 4.78 is 6.60. The summed E-state index contributed by atoms with van der Waals surface area (Å²) in [5.41, 5.74) is 2.47. The molecule has 0 fully saturated rings. The number of aromatic nitrogens is 2. The monoisotopic (exact) mass is 361 g/mol. The number of carbonyl (C=O) groups is 2. The average molecular weight is 362 g/mol. The molecule has 0 aliphatic heterocycles. The maximum absolute atomic E-state index is 12.0. The molecule has 2 aromatic rings. The van der Waals surface area contributed by atoms with Crippen molar-refractivity contribution in [1.29, 1.82) is 0 Å². The van der Waals surface area contributed by atoms with Crippen molar-refractivity contribution in [1.82, 2.24) is 9.78 Å². The van der Waals surface area contributed by atoms with E-state index in [1.807, 2.05) is 13.8 Å². The van der Waals surface area contributed by atoms with Gasteiger partial charge in [0.1, 0.15) is 5.15 Å². The lowest BCUT2D eigenvalue weighted by molar-refractivity contribution is -0.111. The molecule has 0 aliphatic rings. The van der Waals surface area contributed by atoms with Crippen LogP contribution in [0.4, 0.5) is 5.69 Å². The van der Waals surface area contributed by atoms with Crippen LogP contribution in [0.2, 0.25) is 5.15 Å². The predicted molar refractivity (Wildman–Crippen MR) is 97.6 cm³/mol. The number of anilines is 1. The molecule has 0 saturated carbocycles. The summed E-state index contributed by atoms with van der Waals surface area (Å²) >= 11 is 6.11. The molecule has 25 heavy (non-hydrogen) atoms. The lowest BCUT2D eigenvalue weighted by Gasteiger charge is -2.05. The van der Waals surface area contributed by atoms with Crippen LogP contribution in [-0.2, 0) is 16.6 Å². The van der Waals surface area contributed by atoms with Gasteiger partial charge < -0.3 is 10.1 Å². The number of halogens is 1. The predicted octanol–water partition coefficient (Wildman–Crippen LogP) is 3.60. The van der Waals surface area contributed by atoms with Gasteiger partial charge in [-0.2, -0.15) is 5.10 Å². The van der Waals surface area contributed by atoms with Gasteiger partial charge in [0.25, 0.3) is 0 Å². The van der Waals surface area contributed by atoms with Gasteiger partial charge in [0, 0.05) is 24.4 Å². The lowest BCUT2D eigenvalue weighted by Crippen LogP contribution is -2.09. The largest absolute Gasteiger partial charge is 0.462 e. The third kappa shape index (κ3) is 4.93.